The fourth-order valence-electron chi connectivity index (χ4n) is 5.82. The van der Waals surface area contributed by atoms with E-state index in [0.717, 1.165) is 0 Å². The molecule has 5 rings (SSSR count). The number of aromatic nitrogens is 2. The SMILES string of the molecule is CC(C)(C)C[C@@H]1N[C@@H](C(=O)Nc2cnc(C#N)nc2)[C@H](c2cccc(Cl)c2F)[C@]12C(=O)Nc1cc(Cl)ccc12. The van der Waals surface area contributed by atoms with Gasteiger partial charge in [0.15, 0.2) is 0 Å². The van der Waals surface area contributed by atoms with Crippen molar-refractivity contribution in [3.05, 3.63) is 81.6 Å². The first-order valence-corrected chi connectivity index (χ1v) is 13.1. The van der Waals surface area contributed by atoms with Crippen LogP contribution in [0.2, 0.25) is 10.0 Å². The summed E-state index contributed by atoms with van der Waals surface area (Å²) in [5.41, 5.74) is -0.0866. The van der Waals surface area contributed by atoms with Crippen molar-refractivity contribution in [2.24, 2.45) is 5.41 Å². The van der Waals surface area contributed by atoms with Crippen LogP contribution in [0.5, 0.6) is 0 Å². The molecule has 0 bridgehead atoms. The maximum absolute atomic E-state index is 15.8. The number of hydrogen-bond acceptors (Lipinski definition) is 6. The van der Waals surface area contributed by atoms with Crippen molar-refractivity contribution in [2.75, 3.05) is 10.6 Å². The third-order valence-electron chi connectivity index (χ3n) is 7.24. The zero-order valence-corrected chi connectivity index (χ0v) is 22.9. The Hall–Kier alpha value is -3.58. The standard InChI is InChI=1S/C28H25Cl2FN6O2/c1-27(2,3)10-20-28(17-8-7-14(29)9-19(17)36-26(28)39)22(16-5-4-6-18(30)23(16)31)24(37-20)25(38)35-15-12-33-21(11-32)34-13-15/h4-9,12-13,20,22,24,37H,10H2,1-3H3,(H,35,38)(H,36,39)/t20-,22-,24+,28+/m0/s1. The van der Waals surface area contributed by atoms with E-state index in [1.165, 1.54) is 18.5 Å². The van der Waals surface area contributed by atoms with Gasteiger partial charge in [-0.05, 0) is 41.2 Å². The molecule has 3 aromatic rings. The lowest BCUT2D eigenvalue weighted by Crippen LogP contribution is -2.49. The molecule has 2 amide bonds. The van der Waals surface area contributed by atoms with E-state index in [2.05, 4.69) is 25.9 Å². The van der Waals surface area contributed by atoms with Gasteiger partial charge >= 0.3 is 0 Å². The largest absolute Gasteiger partial charge is 0.325 e. The first-order valence-electron chi connectivity index (χ1n) is 12.3. The number of nitrogens with zero attached hydrogens (tertiary/aromatic N) is 3. The second-order valence-corrected chi connectivity index (χ2v) is 11.8. The van der Waals surface area contributed by atoms with Crippen LogP contribution in [-0.4, -0.2) is 33.9 Å². The number of benzene rings is 2. The van der Waals surface area contributed by atoms with Crippen molar-refractivity contribution >= 4 is 46.4 Å². The Kier molecular flexibility index (Phi) is 6.83. The van der Waals surface area contributed by atoms with Crippen molar-refractivity contribution < 1.29 is 14.0 Å². The second-order valence-electron chi connectivity index (χ2n) is 11.0. The van der Waals surface area contributed by atoms with Gasteiger partial charge in [0.1, 0.15) is 17.3 Å². The van der Waals surface area contributed by atoms with Crippen LogP contribution in [0.4, 0.5) is 15.8 Å². The Morgan fingerprint density at radius 2 is 1.92 bits per heavy atom. The lowest BCUT2D eigenvalue weighted by molar-refractivity contribution is -0.122. The monoisotopic (exact) mass is 566 g/mol. The zero-order chi connectivity index (χ0) is 28.1. The van der Waals surface area contributed by atoms with Crippen LogP contribution in [-0.2, 0) is 15.0 Å². The molecule has 0 radical (unpaired) electrons. The Labute approximate surface area is 234 Å². The molecule has 2 aliphatic heterocycles. The van der Waals surface area contributed by atoms with Crippen LogP contribution in [0.1, 0.15) is 50.1 Å². The summed E-state index contributed by atoms with van der Waals surface area (Å²) in [6.45, 7) is 6.11. The first-order chi connectivity index (χ1) is 18.5. The number of halogens is 3. The van der Waals surface area contributed by atoms with Gasteiger partial charge in [-0.1, -0.05) is 62.2 Å². The van der Waals surface area contributed by atoms with E-state index < -0.39 is 35.1 Å². The minimum atomic E-state index is -1.36. The molecular formula is C28H25Cl2FN6O2. The average molecular weight is 567 g/mol. The Balaban J connectivity index is 1.71. The lowest BCUT2D eigenvalue weighted by atomic mass is 9.62. The Morgan fingerprint density at radius 1 is 1.21 bits per heavy atom. The van der Waals surface area contributed by atoms with Crippen LogP contribution in [0.25, 0.3) is 0 Å². The third-order valence-corrected chi connectivity index (χ3v) is 7.77. The van der Waals surface area contributed by atoms with Crippen molar-refractivity contribution in [3.63, 3.8) is 0 Å². The molecule has 2 aliphatic rings. The van der Waals surface area contributed by atoms with Gasteiger partial charge in [-0.2, -0.15) is 5.26 Å². The molecule has 1 spiro atoms. The van der Waals surface area contributed by atoms with Gasteiger partial charge in [0.05, 0.1) is 29.1 Å². The number of rotatable bonds is 4. The first kappa shape index (κ1) is 27.0. The van der Waals surface area contributed by atoms with Gasteiger partial charge in [0.2, 0.25) is 17.6 Å². The molecular weight excluding hydrogens is 542 g/mol. The third kappa shape index (κ3) is 4.63. The highest BCUT2D eigenvalue weighted by molar-refractivity contribution is 6.31. The van der Waals surface area contributed by atoms with Crippen LogP contribution in [0.3, 0.4) is 0 Å². The molecule has 0 aliphatic carbocycles. The summed E-state index contributed by atoms with van der Waals surface area (Å²) in [5, 5.41) is 18.4. The summed E-state index contributed by atoms with van der Waals surface area (Å²) in [4.78, 5) is 35.8. The van der Waals surface area contributed by atoms with Gasteiger partial charge in [0.25, 0.3) is 0 Å². The summed E-state index contributed by atoms with van der Waals surface area (Å²) in [7, 11) is 0. The van der Waals surface area contributed by atoms with Crippen molar-refractivity contribution in [3.8, 4) is 6.07 Å². The minimum Gasteiger partial charge on any atom is -0.325 e. The molecule has 200 valence electrons. The molecule has 11 heteroatoms. The van der Waals surface area contributed by atoms with Crippen molar-refractivity contribution in [1.29, 1.82) is 5.26 Å². The number of nitrogens with one attached hydrogen (secondary N) is 3. The van der Waals surface area contributed by atoms with Crippen molar-refractivity contribution in [2.45, 2.75) is 50.6 Å². The van der Waals surface area contributed by atoms with Crippen LogP contribution in [0, 0.1) is 22.6 Å². The number of amides is 2. The molecule has 8 nitrogen and oxygen atoms in total. The van der Waals surface area contributed by atoms with E-state index in [-0.39, 0.29) is 33.4 Å². The van der Waals surface area contributed by atoms with Crippen molar-refractivity contribution in [1.82, 2.24) is 15.3 Å². The number of hydrogen-bond donors (Lipinski definition) is 3. The van der Waals surface area contributed by atoms with Crippen LogP contribution < -0.4 is 16.0 Å². The number of carbonyl (C=O) groups is 2. The molecule has 39 heavy (non-hydrogen) atoms. The summed E-state index contributed by atoms with van der Waals surface area (Å²) >= 11 is 12.5. The number of nitriles is 1. The average Bonchev–Trinajstić information content (AvgIpc) is 3.35. The number of anilines is 2. The Bertz CT molecular complexity index is 1520. The number of carbonyl (C=O) groups excluding carboxylic acids is 2. The van der Waals surface area contributed by atoms with E-state index in [1.807, 2.05) is 26.8 Å². The predicted octanol–water partition coefficient (Wildman–Crippen LogP) is 5.18. The minimum absolute atomic E-state index is 0.0482. The molecule has 1 aromatic heterocycles. The normalized spacial score (nSPS) is 23.8. The van der Waals surface area contributed by atoms with Crippen LogP contribution >= 0.6 is 23.2 Å². The van der Waals surface area contributed by atoms with Gasteiger partial charge in [-0.3, -0.25) is 9.59 Å². The van der Waals surface area contributed by atoms with Gasteiger partial charge in [-0.15, -0.1) is 0 Å². The molecule has 3 N–H and O–H groups in total. The quantitative estimate of drug-likeness (QED) is 0.400. The fourth-order valence-corrected chi connectivity index (χ4v) is 6.18. The number of fused-ring (bicyclic) bond motifs is 2. The van der Waals surface area contributed by atoms with Crippen LogP contribution in [0.15, 0.2) is 48.8 Å². The highest BCUT2D eigenvalue weighted by Gasteiger charge is 2.66. The molecule has 0 unspecified atom stereocenters. The maximum Gasteiger partial charge on any atom is 0.242 e. The topological polar surface area (TPSA) is 120 Å². The molecule has 4 atom stereocenters. The Morgan fingerprint density at radius 3 is 2.59 bits per heavy atom. The van der Waals surface area contributed by atoms with Gasteiger partial charge < -0.3 is 16.0 Å². The second kappa shape index (κ2) is 9.87. The van der Waals surface area contributed by atoms with E-state index >= 15 is 4.39 Å². The van der Waals surface area contributed by atoms with Gasteiger partial charge in [0, 0.05) is 22.7 Å². The van der Waals surface area contributed by atoms with E-state index in [0.29, 0.717) is 22.7 Å². The van der Waals surface area contributed by atoms with Gasteiger partial charge in [-0.25, -0.2) is 14.4 Å². The van der Waals surface area contributed by atoms with E-state index in [9.17, 15) is 9.59 Å². The molecule has 1 saturated heterocycles. The lowest BCUT2D eigenvalue weighted by Gasteiger charge is -2.37. The molecule has 2 aromatic carbocycles. The zero-order valence-electron chi connectivity index (χ0n) is 21.3. The van der Waals surface area contributed by atoms with E-state index in [1.54, 1.807) is 30.3 Å². The molecule has 3 heterocycles. The highest BCUT2D eigenvalue weighted by Crippen LogP contribution is 2.57. The molecule has 0 saturated carbocycles. The highest BCUT2D eigenvalue weighted by atomic mass is 35.5. The summed E-state index contributed by atoms with van der Waals surface area (Å²) in [5.74, 6) is -2.60. The maximum atomic E-state index is 15.8. The fraction of sp³-hybridized carbons (Fsp3) is 0.321. The summed E-state index contributed by atoms with van der Waals surface area (Å²) in [6, 6.07) is 9.90. The summed E-state index contributed by atoms with van der Waals surface area (Å²) < 4.78 is 15.8. The summed E-state index contributed by atoms with van der Waals surface area (Å²) in [6.07, 6.45) is 3.12. The van der Waals surface area contributed by atoms with E-state index in [4.69, 9.17) is 28.5 Å². The predicted molar refractivity (Wildman–Crippen MR) is 146 cm³/mol. The smallest absolute Gasteiger partial charge is 0.242 e. The molecule has 1 fully saturated rings.